The van der Waals surface area contributed by atoms with Crippen LogP contribution in [0.2, 0.25) is 0 Å². The fraction of sp³-hybridized carbons (Fsp3) is 0.214. The first-order valence-electron chi connectivity index (χ1n) is 11.1. The number of anilines is 1. The number of aryl methyl sites for hydroxylation is 2. The molecule has 174 valence electrons. The van der Waals surface area contributed by atoms with Gasteiger partial charge in [-0.25, -0.2) is 0 Å². The molecule has 1 unspecified atom stereocenters. The largest absolute Gasteiger partial charge is 0.507 e. The summed E-state index contributed by atoms with van der Waals surface area (Å²) in [5.74, 6) is -0.306. The second-order valence-corrected chi connectivity index (χ2v) is 8.19. The third-order valence-corrected chi connectivity index (χ3v) is 5.92. The van der Waals surface area contributed by atoms with Crippen LogP contribution in [0.4, 0.5) is 5.69 Å². The van der Waals surface area contributed by atoms with Crippen LogP contribution in [0.1, 0.15) is 35.2 Å². The number of amides is 1. The van der Waals surface area contributed by atoms with E-state index in [4.69, 9.17) is 9.47 Å². The molecule has 1 aliphatic heterocycles. The fourth-order valence-corrected chi connectivity index (χ4v) is 4.28. The van der Waals surface area contributed by atoms with Crippen molar-refractivity contribution in [1.29, 1.82) is 0 Å². The summed E-state index contributed by atoms with van der Waals surface area (Å²) < 4.78 is 10.8. The highest BCUT2D eigenvalue weighted by Crippen LogP contribution is 2.43. The number of methoxy groups -OCH3 is 1. The number of rotatable bonds is 6. The summed E-state index contributed by atoms with van der Waals surface area (Å²) in [5, 5.41) is 11.4. The quantitative estimate of drug-likeness (QED) is 0.307. The SMILES string of the molecule is CCOc1ccc(C2/C(=C(/O)c3ccc(OC)cc3C)C(=O)C(=O)N2c2cccc(C)c2)cc1. The number of ketones is 1. The van der Waals surface area contributed by atoms with Crippen LogP contribution in [0, 0.1) is 13.8 Å². The van der Waals surface area contributed by atoms with Crippen molar-refractivity contribution >= 4 is 23.1 Å². The van der Waals surface area contributed by atoms with Crippen LogP contribution in [0.15, 0.2) is 72.3 Å². The fourth-order valence-electron chi connectivity index (χ4n) is 4.28. The van der Waals surface area contributed by atoms with Crippen molar-refractivity contribution < 1.29 is 24.2 Å². The standard InChI is InChI=1S/C28H27NO5/c1-5-34-21-11-9-19(10-12-21)25-24(26(30)23-14-13-22(33-4)16-18(23)3)27(31)28(32)29(25)20-8-6-7-17(2)15-20/h6-16,25,30H,5H2,1-4H3/b26-24-. The predicted molar refractivity (Wildman–Crippen MR) is 131 cm³/mol. The first-order valence-corrected chi connectivity index (χ1v) is 11.1. The van der Waals surface area contributed by atoms with E-state index in [1.807, 2.05) is 51.1 Å². The average Bonchev–Trinajstić information content (AvgIpc) is 3.09. The number of hydrogen-bond donors (Lipinski definition) is 1. The predicted octanol–water partition coefficient (Wildman–Crippen LogP) is 5.34. The molecule has 1 amide bonds. The van der Waals surface area contributed by atoms with Gasteiger partial charge < -0.3 is 14.6 Å². The van der Waals surface area contributed by atoms with Gasteiger partial charge in [0.25, 0.3) is 11.7 Å². The molecule has 0 bridgehead atoms. The maximum Gasteiger partial charge on any atom is 0.300 e. The Kier molecular flexibility index (Phi) is 6.41. The average molecular weight is 458 g/mol. The van der Waals surface area contributed by atoms with Crippen LogP contribution in [0.5, 0.6) is 11.5 Å². The Morgan fingerprint density at radius 3 is 2.29 bits per heavy atom. The molecule has 6 heteroatoms. The first kappa shape index (κ1) is 23.1. The molecule has 0 spiro atoms. The molecule has 0 aliphatic carbocycles. The zero-order valence-electron chi connectivity index (χ0n) is 19.7. The monoisotopic (exact) mass is 457 g/mol. The second-order valence-electron chi connectivity index (χ2n) is 8.19. The Morgan fingerprint density at radius 1 is 0.971 bits per heavy atom. The molecule has 1 aliphatic rings. The lowest BCUT2D eigenvalue weighted by Gasteiger charge is -2.26. The summed E-state index contributed by atoms with van der Waals surface area (Å²) in [6.07, 6.45) is 0. The number of hydrogen-bond acceptors (Lipinski definition) is 5. The minimum absolute atomic E-state index is 0.0453. The van der Waals surface area contributed by atoms with Gasteiger partial charge in [-0.3, -0.25) is 14.5 Å². The maximum absolute atomic E-state index is 13.3. The number of Topliss-reactive ketones (excluding diaryl/α,β-unsaturated/α-hetero) is 1. The maximum atomic E-state index is 13.3. The molecular formula is C28H27NO5. The summed E-state index contributed by atoms with van der Waals surface area (Å²) in [6.45, 7) is 6.17. The summed E-state index contributed by atoms with van der Waals surface area (Å²) >= 11 is 0. The Hall–Kier alpha value is -4.06. The molecule has 3 aromatic carbocycles. The third-order valence-electron chi connectivity index (χ3n) is 5.92. The van der Waals surface area contributed by atoms with Gasteiger partial charge in [0.1, 0.15) is 17.3 Å². The van der Waals surface area contributed by atoms with Crippen LogP contribution in [0.3, 0.4) is 0 Å². The van der Waals surface area contributed by atoms with E-state index in [-0.39, 0.29) is 11.3 Å². The van der Waals surface area contributed by atoms with E-state index in [2.05, 4.69) is 0 Å². The molecule has 1 N–H and O–H groups in total. The molecule has 1 heterocycles. The highest BCUT2D eigenvalue weighted by atomic mass is 16.5. The Morgan fingerprint density at radius 2 is 1.68 bits per heavy atom. The number of aliphatic hydroxyl groups excluding tert-OH is 1. The zero-order chi connectivity index (χ0) is 24.4. The number of benzene rings is 3. The molecule has 3 aromatic rings. The van der Waals surface area contributed by atoms with Crippen molar-refractivity contribution in [2.45, 2.75) is 26.8 Å². The first-order chi connectivity index (χ1) is 16.3. The lowest BCUT2D eigenvalue weighted by molar-refractivity contribution is -0.132. The van der Waals surface area contributed by atoms with Crippen LogP contribution >= 0.6 is 0 Å². The van der Waals surface area contributed by atoms with E-state index in [0.717, 1.165) is 11.1 Å². The van der Waals surface area contributed by atoms with Crippen LogP contribution in [-0.2, 0) is 9.59 Å². The number of aliphatic hydroxyl groups is 1. The smallest absolute Gasteiger partial charge is 0.300 e. The molecular weight excluding hydrogens is 430 g/mol. The number of carbonyl (C=O) groups excluding carboxylic acids is 2. The third kappa shape index (κ3) is 4.15. The van der Waals surface area contributed by atoms with E-state index >= 15 is 0 Å². The Labute approximate surface area is 199 Å². The van der Waals surface area contributed by atoms with E-state index in [9.17, 15) is 14.7 Å². The van der Waals surface area contributed by atoms with Crippen molar-refractivity contribution in [3.63, 3.8) is 0 Å². The number of ether oxygens (including phenoxy) is 2. The van der Waals surface area contributed by atoms with Gasteiger partial charge in [-0.15, -0.1) is 0 Å². The molecule has 1 atom stereocenters. The normalized spacial score (nSPS) is 17.2. The van der Waals surface area contributed by atoms with Crippen LogP contribution in [-0.4, -0.2) is 30.5 Å². The molecule has 6 nitrogen and oxygen atoms in total. The molecule has 1 fully saturated rings. The molecule has 0 radical (unpaired) electrons. The van der Waals surface area contributed by atoms with Crippen molar-refractivity contribution in [2.75, 3.05) is 18.6 Å². The van der Waals surface area contributed by atoms with Crippen molar-refractivity contribution in [3.05, 3.63) is 94.6 Å². The molecule has 4 rings (SSSR count). The van der Waals surface area contributed by atoms with Gasteiger partial charge in [0.15, 0.2) is 0 Å². The lowest BCUT2D eigenvalue weighted by Crippen LogP contribution is -2.29. The van der Waals surface area contributed by atoms with Crippen molar-refractivity contribution in [1.82, 2.24) is 0 Å². The number of nitrogens with zero attached hydrogens (tertiary/aromatic N) is 1. The van der Waals surface area contributed by atoms with Gasteiger partial charge in [-0.2, -0.15) is 0 Å². The minimum atomic E-state index is -0.793. The summed E-state index contributed by atoms with van der Waals surface area (Å²) in [7, 11) is 1.56. The van der Waals surface area contributed by atoms with E-state index in [1.165, 1.54) is 4.90 Å². The Bertz CT molecular complexity index is 1280. The highest BCUT2D eigenvalue weighted by molar-refractivity contribution is 6.51. The van der Waals surface area contributed by atoms with E-state index in [0.29, 0.717) is 34.9 Å². The van der Waals surface area contributed by atoms with Gasteiger partial charge in [0.05, 0.1) is 25.3 Å². The zero-order valence-corrected chi connectivity index (χ0v) is 19.7. The lowest BCUT2D eigenvalue weighted by atomic mass is 9.93. The topological polar surface area (TPSA) is 76.1 Å². The minimum Gasteiger partial charge on any atom is -0.507 e. The molecule has 0 aromatic heterocycles. The van der Waals surface area contributed by atoms with Crippen molar-refractivity contribution in [2.24, 2.45) is 0 Å². The van der Waals surface area contributed by atoms with Crippen LogP contribution in [0.25, 0.3) is 5.76 Å². The highest BCUT2D eigenvalue weighted by Gasteiger charge is 2.47. The molecule has 0 saturated carbocycles. The van der Waals surface area contributed by atoms with Crippen molar-refractivity contribution in [3.8, 4) is 11.5 Å². The van der Waals surface area contributed by atoms with Gasteiger partial charge >= 0.3 is 0 Å². The Balaban J connectivity index is 1.92. The van der Waals surface area contributed by atoms with Gasteiger partial charge in [-0.05, 0) is 79.9 Å². The molecule has 34 heavy (non-hydrogen) atoms. The van der Waals surface area contributed by atoms with E-state index < -0.39 is 17.7 Å². The van der Waals surface area contributed by atoms with Gasteiger partial charge in [0, 0.05) is 11.3 Å². The number of carbonyl (C=O) groups is 2. The van der Waals surface area contributed by atoms with E-state index in [1.54, 1.807) is 43.5 Å². The van der Waals surface area contributed by atoms with Gasteiger partial charge in [0.2, 0.25) is 0 Å². The second kappa shape index (κ2) is 9.43. The van der Waals surface area contributed by atoms with Gasteiger partial charge in [-0.1, -0.05) is 24.3 Å². The summed E-state index contributed by atoms with van der Waals surface area (Å²) in [6, 6.07) is 19.0. The molecule has 1 saturated heterocycles. The van der Waals surface area contributed by atoms with Crippen LogP contribution < -0.4 is 14.4 Å². The summed E-state index contributed by atoms with van der Waals surface area (Å²) in [5.41, 5.74) is 3.48. The summed E-state index contributed by atoms with van der Waals surface area (Å²) in [4.78, 5) is 28.1.